The monoisotopic (exact) mass is 440 g/mol. The van der Waals surface area contributed by atoms with Crippen LogP contribution in [0.3, 0.4) is 0 Å². The fraction of sp³-hybridized carbons (Fsp3) is 0.429. The smallest absolute Gasteiger partial charge is 0.281 e. The van der Waals surface area contributed by atoms with E-state index in [4.69, 9.17) is 21.1 Å². The molecule has 4 aromatic rings. The third-order valence-electron chi connectivity index (χ3n) is 6.59. The number of fused-ring (bicyclic) bond motifs is 3. The first kappa shape index (κ1) is 19.0. The molecule has 1 aromatic carbocycles. The molecule has 4 heterocycles. The largest absolute Gasteiger partial charge is 0.372 e. The number of nitrogens with zero attached hydrogens (tertiary/aromatic N) is 6. The summed E-state index contributed by atoms with van der Waals surface area (Å²) in [7, 11) is 1.68. The summed E-state index contributed by atoms with van der Waals surface area (Å²) in [6.07, 6.45) is 6.64. The molecule has 0 radical (unpaired) electrons. The van der Waals surface area contributed by atoms with Crippen LogP contribution in [-0.2, 0) is 20.8 Å². The van der Waals surface area contributed by atoms with E-state index < -0.39 is 11.3 Å². The van der Waals surface area contributed by atoms with Crippen LogP contribution in [0.2, 0.25) is 5.02 Å². The molecule has 6 rings (SSSR count). The Morgan fingerprint density at radius 2 is 2.06 bits per heavy atom. The summed E-state index contributed by atoms with van der Waals surface area (Å²) in [6, 6.07) is 5.57. The normalized spacial score (nSPS) is 22.5. The number of aromatic nitrogens is 6. The number of rotatable bonds is 4. The summed E-state index contributed by atoms with van der Waals surface area (Å²) in [5, 5.41) is 8.83. The average molecular weight is 441 g/mol. The maximum absolute atomic E-state index is 14.0. The topological polar surface area (TPSA) is 88.5 Å². The first-order chi connectivity index (χ1) is 15.0. The average Bonchev–Trinajstić information content (AvgIpc) is 3.13. The quantitative estimate of drug-likeness (QED) is 0.484. The van der Waals surface area contributed by atoms with Gasteiger partial charge >= 0.3 is 0 Å². The lowest BCUT2D eigenvalue weighted by Gasteiger charge is -2.28. The second-order valence-electron chi connectivity index (χ2n) is 8.39. The molecule has 1 aliphatic heterocycles. The van der Waals surface area contributed by atoms with E-state index in [9.17, 15) is 4.79 Å². The molecular formula is C21H21ClN6O3. The summed E-state index contributed by atoms with van der Waals surface area (Å²) >= 11 is 6.60. The molecule has 2 fully saturated rings. The number of methoxy groups -OCH3 is 1. The fourth-order valence-corrected chi connectivity index (χ4v) is 5.03. The summed E-state index contributed by atoms with van der Waals surface area (Å²) < 4.78 is 16.8. The lowest BCUT2D eigenvalue weighted by atomic mass is 10.1. The number of para-hydroxylation sites is 1. The van der Waals surface area contributed by atoms with E-state index >= 15 is 0 Å². The van der Waals surface area contributed by atoms with Crippen molar-refractivity contribution in [2.45, 2.75) is 43.9 Å². The number of hydrogen-bond donors (Lipinski definition) is 0. The summed E-state index contributed by atoms with van der Waals surface area (Å²) in [5.74, 6) is 0.415. The zero-order valence-electron chi connectivity index (χ0n) is 17.2. The maximum Gasteiger partial charge on any atom is 0.281 e. The van der Waals surface area contributed by atoms with Crippen LogP contribution in [-0.4, -0.2) is 42.7 Å². The second kappa shape index (κ2) is 6.38. The number of imidazole rings is 1. The van der Waals surface area contributed by atoms with Gasteiger partial charge in [-0.1, -0.05) is 22.9 Å². The number of benzene rings is 1. The molecule has 1 saturated heterocycles. The second-order valence-corrected chi connectivity index (χ2v) is 8.80. The molecule has 1 aliphatic carbocycles. The SMILES string of the molecule is COC1(c2cnnn2-c2ncn3c2c(=O)n(C2(C)CCCO2)c2c(Cl)cccc23)CC1. The van der Waals surface area contributed by atoms with E-state index in [1.54, 1.807) is 39.3 Å². The van der Waals surface area contributed by atoms with E-state index in [0.717, 1.165) is 30.5 Å². The summed E-state index contributed by atoms with van der Waals surface area (Å²) in [5.41, 5.74) is 1.12. The lowest BCUT2D eigenvalue weighted by Crippen LogP contribution is -2.39. The molecule has 2 aliphatic rings. The molecule has 0 N–H and O–H groups in total. The molecule has 10 heteroatoms. The highest BCUT2D eigenvalue weighted by Gasteiger charge is 2.48. The van der Waals surface area contributed by atoms with Gasteiger partial charge in [-0.05, 0) is 44.7 Å². The molecule has 1 atom stereocenters. The summed E-state index contributed by atoms with van der Waals surface area (Å²) in [6.45, 7) is 2.53. The predicted octanol–water partition coefficient (Wildman–Crippen LogP) is 3.00. The standard InChI is InChI=1S/C21H21ClN6O3/c1-20(7-4-10-31-20)27-16-13(22)5-3-6-14(16)26-12-23-18(17(26)19(27)29)28-15(11-24-25-28)21(30-2)8-9-21/h3,5-6,11-12H,4,7-10H2,1-2H3. The van der Waals surface area contributed by atoms with Gasteiger partial charge < -0.3 is 9.47 Å². The number of hydrogen-bond acceptors (Lipinski definition) is 6. The highest BCUT2D eigenvalue weighted by molar-refractivity contribution is 6.35. The lowest BCUT2D eigenvalue weighted by molar-refractivity contribution is -0.0447. The van der Waals surface area contributed by atoms with Crippen molar-refractivity contribution >= 4 is 28.2 Å². The van der Waals surface area contributed by atoms with Crippen LogP contribution in [0.4, 0.5) is 0 Å². The first-order valence-corrected chi connectivity index (χ1v) is 10.7. The number of ether oxygens (including phenoxy) is 2. The van der Waals surface area contributed by atoms with Gasteiger partial charge in [0.25, 0.3) is 5.56 Å². The van der Waals surface area contributed by atoms with Crippen molar-refractivity contribution in [3.8, 4) is 5.82 Å². The van der Waals surface area contributed by atoms with Gasteiger partial charge in [0.15, 0.2) is 11.3 Å². The van der Waals surface area contributed by atoms with Crippen LogP contribution in [0.1, 0.15) is 38.3 Å². The van der Waals surface area contributed by atoms with E-state index in [0.29, 0.717) is 34.9 Å². The van der Waals surface area contributed by atoms with Crippen LogP contribution >= 0.6 is 11.6 Å². The van der Waals surface area contributed by atoms with Crippen LogP contribution < -0.4 is 5.56 Å². The molecule has 0 spiro atoms. The van der Waals surface area contributed by atoms with Gasteiger partial charge in [0.05, 0.1) is 27.9 Å². The zero-order chi connectivity index (χ0) is 21.4. The zero-order valence-corrected chi connectivity index (χ0v) is 18.0. The minimum absolute atomic E-state index is 0.235. The van der Waals surface area contributed by atoms with Gasteiger partial charge in [0.2, 0.25) is 0 Å². The molecule has 3 aromatic heterocycles. The third-order valence-corrected chi connectivity index (χ3v) is 6.89. The Balaban J connectivity index is 1.72. The molecular weight excluding hydrogens is 420 g/mol. The molecule has 1 saturated carbocycles. The van der Waals surface area contributed by atoms with Crippen molar-refractivity contribution in [3.05, 3.63) is 51.8 Å². The Labute approximate surface area is 182 Å². The van der Waals surface area contributed by atoms with Gasteiger partial charge in [-0.15, -0.1) is 5.10 Å². The van der Waals surface area contributed by atoms with Crippen LogP contribution in [0, 0.1) is 0 Å². The molecule has 9 nitrogen and oxygen atoms in total. The van der Waals surface area contributed by atoms with Crippen molar-refractivity contribution in [3.63, 3.8) is 0 Å². The molecule has 0 bridgehead atoms. The van der Waals surface area contributed by atoms with Gasteiger partial charge in [-0.2, -0.15) is 4.68 Å². The van der Waals surface area contributed by atoms with Gasteiger partial charge in [-0.25, -0.2) is 4.98 Å². The van der Waals surface area contributed by atoms with E-state index in [2.05, 4.69) is 15.3 Å². The molecule has 0 amide bonds. The van der Waals surface area contributed by atoms with Gasteiger partial charge in [-0.3, -0.25) is 13.8 Å². The van der Waals surface area contributed by atoms with E-state index in [-0.39, 0.29) is 5.56 Å². The Morgan fingerprint density at radius 3 is 2.77 bits per heavy atom. The minimum atomic E-state index is -0.793. The fourth-order valence-electron chi connectivity index (χ4n) is 4.78. The van der Waals surface area contributed by atoms with Crippen molar-refractivity contribution in [1.29, 1.82) is 0 Å². The van der Waals surface area contributed by atoms with E-state index in [1.807, 2.05) is 19.1 Å². The van der Waals surface area contributed by atoms with Crippen molar-refractivity contribution in [2.75, 3.05) is 13.7 Å². The Kier molecular flexibility index (Phi) is 3.91. The number of halogens is 1. The Morgan fingerprint density at radius 1 is 1.23 bits per heavy atom. The summed E-state index contributed by atoms with van der Waals surface area (Å²) in [4.78, 5) is 18.6. The maximum atomic E-state index is 14.0. The highest BCUT2D eigenvalue weighted by atomic mass is 35.5. The molecule has 160 valence electrons. The van der Waals surface area contributed by atoms with Crippen molar-refractivity contribution in [2.24, 2.45) is 0 Å². The Hall–Kier alpha value is -2.75. The minimum Gasteiger partial charge on any atom is -0.372 e. The van der Waals surface area contributed by atoms with Crippen molar-refractivity contribution in [1.82, 2.24) is 28.9 Å². The van der Waals surface area contributed by atoms with Gasteiger partial charge in [0.1, 0.15) is 17.7 Å². The highest BCUT2D eigenvalue weighted by Crippen LogP contribution is 2.48. The predicted molar refractivity (Wildman–Crippen MR) is 114 cm³/mol. The van der Waals surface area contributed by atoms with Crippen LogP contribution in [0.5, 0.6) is 0 Å². The van der Waals surface area contributed by atoms with E-state index in [1.165, 1.54) is 0 Å². The molecule has 31 heavy (non-hydrogen) atoms. The molecule has 1 unspecified atom stereocenters. The van der Waals surface area contributed by atoms with Gasteiger partial charge in [0, 0.05) is 13.7 Å². The third kappa shape index (κ3) is 2.51. The first-order valence-electron chi connectivity index (χ1n) is 10.3. The van der Waals surface area contributed by atoms with Crippen molar-refractivity contribution < 1.29 is 9.47 Å². The van der Waals surface area contributed by atoms with Crippen LogP contribution in [0.25, 0.3) is 22.4 Å². The van der Waals surface area contributed by atoms with Crippen LogP contribution in [0.15, 0.2) is 35.5 Å². The Bertz CT molecular complexity index is 1390.